The van der Waals surface area contributed by atoms with E-state index in [1.807, 2.05) is 26.8 Å². The molecule has 0 atom stereocenters. The summed E-state index contributed by atoms with van der Waals surface area (Å²) in [5.41, 5.74) is 3.24. The van der Waals surface area contributed by atoms with Crippen LogP contribution in [0, 0.1) is 20.8 Å². The SMILES string of the molecule is CCc1c(C)nc(-n2nc(C)cc2C)n(CC(=O)Nc2ccc(Cl)cc2)c1=O. The number of aryl methyl sites for hydroxylation is 3. The summed E-state index contributed by atoms with van der Waals surface area (Å²) in [5.74, 6) is -0.00327. The number of anilines is 1. The highest BCUT2D eigenvalue weighted by Gasteiger charge is 2.19. The van der Waals surface area contributed by atoms with Gasteiger partial charge in [-0.15, -0.1) is 0 Å². The summed E-state index contributed by atoms with van der Waals surface area (Å²) in [7, 11) is 0. The van der Waals surface area contributed by atoms with Crippen LogP contribution in [-0.2, 0) is 17.8 Å². The highest BCUT2D eigenvalue weighted by atomic mass is 35.5. The largest absolute Gasteiger partial charge is 0.325 e. The van der Waals surface area contributed by atoms with Gasteiger partial charge in [0.05, 0.1) is 11.4 Å². The van der Waals surface area contributed by atoms with Crippen molar-refractivity contribution >= 4 is 23.2 Å². The molecule has 0 aliphatic rings. The van der Waals surface area contributed by atoms with E-state index in [0.29, 0.717) is 34.3 Å². The highest BCUT2D eigenvalue weighted by Crippen LogP contribution is 2.15. The number of hydrogen-bond acceptors (Lipinski definition) is 4. The van der Waals surface area contributed by atoms with Gasteiger partial charge in [0.2, 0.25) is 11.9 Å². The lowest BCUT2D eigenvalue weighted by Gasteiger charge is -2.16. The monoisotopic (exact) mass is 399 g/mol. The van der Waals surface area contributed by atoms with E-state index in [2.05, 4.69) is 15.4 Å². The number of aromatic nitrogens is 4. The number of carbonyl (C=O) groups is 1. The second-order valence-electron chi connectivity index (χ2n) is 6.61. The van der Waals surface area contributed by atoms with Gasteiger partial charge in [0.25, 0.3) is 5.56 Å². The standard InChI is InChI=1S/C20H22ClN5O2/c1-5-17-14(4)22-20(26-13(3)10-12(2)24-26)25(19(17)28)11-18(27)23-16-8-6-15(21)7-9-16/h6-10H,5,11H2,1-4H3,(H,23,27). The van der Waals surface area contributed by atoms with E-state index in [4.69, 9.17) is 11.6 Å². The van der Waals surface area contributed by atoms with Crippen molar-refractivity contribution in [3.8, 4) is 5.95 Å². The lowest BCUT2D eigenvalue weighted by molar-refractivity contribution is -0.116. The van der Waals surface area contributed by atoms with Crippen molar-refractivity contribution in [1.82, 2.24) is 19.3 Å². The van der Waals surface area contributed by atoms with Crippen LogP contribution in [-0.4, -0.2) is 25.2 Å². The first kappa shape index (κ1) is 19.8. The van der Waals surface area contributed by atoms with Gasteiger partial charge in [0, 0.05) is 22.0 Å². The molecule has 0 radical (unpaired) electrons. The van der Waals surface area contributed by atoms with E-state index in [9.17, 15) is 9.59 Å². The fraction of sp³-hybridized carbons (Fsp3) is 0.300. The maximum absolute atomic E-state index is 13.1. The highest BCUT2D eigenvalue weighted by molar-refractivity contribution is 6.30. The molecule has 0 aliphatic heterocycles. The van der Waals surface area contributed by atoms with E-state index in [1.165, 1.54) is 4.57 Å². The molecule has 3 rings (SSSR count). The van der Waals surface area contributed by atoms with Gasteiger partial charge in [-0.25, -0.2) is 9.67 Å². The van der Waals surface area contributed by atoms with Crippen molar-refractivity contribution in [2.24, 2.45) is 0 Å². The summed E-state index contributed by atoms with van der Waals surface area (Å²) in [6.07, 6.45) is 0.536. The molecule has 7 nitrogen and oxygen atoms in total. The molecule has 8 heteroatoms. The zero-order chi connectivity index (χ0) is 20.4. The van der Waals surface area contributed by atoms with E-state index >= 15 is 0 Å². The second-order valence-corrected chi connectivity index (χ2v) is 7.05. The average molecular weight is 400 g/mol. The van der Waals surface area contributed by atoms with Crippen LogP contribution in [0.25, 0.3) is 5.95 Å². The molecule has 1 aromatic carbocycles. The Balaban J connectivity index is 2.02. The van der Waals surface area contributed by atoms with Gasteiger partial charge in [-0.2, -0.15) is 5.10 Å². The first-order valence-corrected chi connectivity index (χ1v) is 9.37. The lowest BCUT2D eigenvalue weighted by atomic mass is 10.2. The summed E-state index contributed by atoms with van der Waals surface area (Å²) in [6.45, 7) is 7.27. The van der Waals surface area contributed by atoms with Crippen LogP contribution < -0.4 is 10.9 Å². The Kier molecular flexibility index (Phi) is 5.65. The Bertz CT molecular complexity index is 1080. The molecule has 2 heterocycles. The number of amides is 1. The van der Waals surface area contributed by atoms with Crippen LogP contribution in [0.15, 0.2) is 35.1 Å². The number of carbonyl (C=O) groups excluding carboxylic acids is 1. The minimum absolute atomic E-state index is 0.171. The van der Waals surface area contributed by atoms with Crippen molar-refractivity contribution in [3.63, 3.8) is 0 Å². The van der Waals surface area contributed by atoms with Crippen LogP contribution in [0.5, 0.6) is 0 Å². The Hall–Kier alpha value is -2.93. The third-order valence-corrected chi connectivity index (χ3v) is 4.68. The molecular formula is C20H22ClN5O2. The Morgan fingerprint density at radius 2 is 1.86 bits per heavy atom. The third kappa shape index (κ3) is 3.99. The molecule has 3 aromatic rings. The minimum atomic E-state index is -0.333. The van der Waals surface area contributed by atoms with Crippen molar-refractivity contribution in [1.29, 1.82) is 0 Å². The van der Waals surface area contributed by atoms with E-state index in [0.717, 1.165) is 11.4 Å². The molecular weight excluding hydrogens is 378 g/mol. The Morgan fingerprint density at radius 1 is 1.18 bits per heavy atom. The predicted octanol–water partition coefficient (Wildman–Crippen LogP) is 3.21. The quantitative estimate of drug-likeness (QED) is 0.714. The molecule has 0 unspecified atom stereocenters. The summed E-state index contributed by atoms with van der Waals surface area (Å²) < 4.78 is 2.97. The minimum Gasteiger partial charge on any atom is -0.325 e. The van der Waals surface area contributed by atoms with E-state index in [1.54, 1.807) is 35.9 Å². The van der Waals surface area contributed by atoms with Crippen molar-refractivity contribution < 1.29 is 4.79 Å². The maximum Gasteiger partial charge on any atom is 0.258 e. The molecule has 0 bridgehead atoms. The van der Waals surface area contributed by atoms with Crippen molar-refractivity contribution in [3.05, 3.63) is 68.4 Å². The Labute approximate surface area is 168 Å². The molecule has 0 saturated carbocycles. The molecule has 28 heavy (non-hydrogen) atoms. The molecule has 146 valence electrons. The third-order valence-electron chi connectivity index (χ3n) is 4.43. The van der Waals surface area contributed by atoms with Crippen LogP contribution in [0.2, 0.25) is 5.02 Å². The molecule has 0 spiro atoms. The van der Waals surface area contributed by atoms with Gasteiger partial charge in [0.15, 0.2) is 0 Å². The second kappa shape index (κ2) is 7.98. The zero-order valence-electron chi connectivity index (χ0n) is 16.3. The van der Waals surface area contributed by atoms with Crippen LogP contribution in [0.3, 0.4) is 0 Å². The topological polar surface area (TPSA) is 81.8 Å². The fourth-order valence-corrected chi connectivity index (χ4v) is 3.23. The van der Waals surface area contributed by atoms with Gasteiger partial charge in [0.1, 0.15) is 6.54 Å². The molecule has 2 aromatic heterocycles. The predicted molar refractivity (Wildman–Crippen MR) is 109 cm³/mol. The number of benzene rings is 1. The van der Waals surface area contributed by atoms with Gasteiger partial charge < -0.3 is 5.32 Å². The normalized spacial score (nSPS) is 10.9. The summed E-state index contributed by atoms with van der Waals surface area (Å²) in [4.78, 5) is 30.3. The molecule has 0 aliphatic carbocycles. The lowest BCUT2D eigenvalue weighted by Crippen LogP contribution is -2.34. The number of hydrogen-bond donors (Lipinski definition) is 1. The van der Waals surface area contributed by atoms with Gasteiger partial charge in [-0.1, -0.05) is 18.5 Å². The number of rotatable bonds is 5. The van der Waals surface area contributed by atoms with Gasteiger partial charge in [-0.05, 0) is 57.5 Å². The summed E-state index contributed by atoms with van der Waals surface area (Å²) >= 11 is 5.88. The molecule has 1 N–H and O–H groups in total. The smallest absolute Gasteiger partial charge is 0.258 e. The fourth-order valence-electron chi connectivity index (χ4n) is 3.11. The molecule has 1 amide bonds. The van der Waals surface area contributed by atoms with Crippen molar-refractivity contribution in [2.45, 2.75) is 40.7 Å². The van der Waals surface area contributed by atoms with Crippen LogP contribution in [0.1, 0.15) is 29.6 Å². The zero-order valence-corrected chi connectivity index (χ0v) is 17.0. The average Bonchev–Trinajstić information content (AvgIpc) is 2.97. The maximum atomic E-state index is 13.1. The van der Waals surface area contributed by atoms with E-state index < -0.39 is 0 Å². The van der Waals surface area contributed by atoms with Crippen LogP contribution in [0.4, 0.5) is 5.69 Å². The summed E-state index contributed by atoms with van der Waals surface area (Å²) in [6, 6.07) is 8.68. The van der Waals surface area contributed by atoms with Gasteiger partial charge in [-0.3, -0.25) is 14.2 Å². The first-order valence-electron chi connectivity index (χ1n) is 8.99. The first-order chi connectivity index (χ1) is 13.3. The molecule has 0 fully saturated rings. The number of halogens is 1. The molecule has 0 saturated heterocycles. The summed E-state index contributed by atoms with van der Waals surface area (Å²) in [5, 5.41) is 7.79. The van der Waals surface area contributed by atoms with Gasteiger partial charge >= 0.3 is 0 Å². The Morgan fingerprint density at radius 3 is 2.43 bits per heavy atom. The number of nitrogens with zero attached hydrogens (tertiary/aromatic N) is 4. The number of nitrogens with one attached hydrogen (secondary N) is 1. The van der Waals surface area contributed by atoms with Crippen molar-refractivity contribution in [2.75, 3.05) is 5.32 Å². The van der Waals surface area contributed by atoms with Crippen LogP contribution >= 0.6 is 11.6 Å². The van der Waals surface area contributed by atoms with E-state index in [-0.39, 0.29) is 18.0 Å².